The fourth-order valence-electron chi connectivity index (χ4n) is 5.92. The van der Waals surface area contributed by atoms with E-state index in [1.54, 1.807) is 12.1 Å². The van der Waals surface area contributed by atoms with Crippen LogP contribution in [-0.2, 0) is 22.3 Å². The first-order chi connectivity index (χ1) is 17.5. The minimum absolute atomic E-state index is 0.0283. The SMILES string of the molecule is O[C@](Cn1cnnn1)(c1ccc(F)cc1F)C(F)(F)C12CC(c3ccc(OCC4(F)COC4)nc3)(C1)C2. The molecule has 3 aliphatic carbocycles. The number of rotatable bonds is 9. The first-order valence-electron chi connectivity index (χ1n) is 11.6. The van der Waals surface area contributed by atoms with E-state index in [-0.39, 0.29) is 45.0 Å². The van der Waals surface area contributed by atoms with Gasteiger partial charge in [0.2, 0.25) is 5.88 Å². The molecule has 3 aromatic rings. The molecule has 0 spiro atoms. The van der Waals surface area contributed by atoms with Crippen molar-refractivity contribution in [3.63, 3.8) is 0 Å². The van der Waals surface area contributed by atoms with Crippen molar-refractivity contribution in [2.45, 2.75) is 48.4 Å². The summed E-state index contributed by atoms with van der Waals surface area (Å²) in [5.41, 5.74) is -6.78. The van der Waals surface area contributed by atoms with Crippen molar-refractivity contribution in [3.8, 4) is 5.88 Å². The summed E-state index contributed by atoms with van der Waals surface area (Å²) in [6.07, 6.45) is 2.64. The molecule has 2 bridgehead atoms. The number of benzene rings is 1. The van der Waals surface area contributed by atoms with Crippen molar-refractivity contribution >= 4 is 0 Å². The molecule has 4 fully saturated rings. The molecule has 1 atom stereocenters. The molecule has 1 saturated heterocycles. The Balaban J connectivity index is 1.22. The molecular weight excluding hydrogens is 501 g/mol. The Kier molecular flexibility index (Phi) is 5.16. The first kappa shape index (κ1) is 24.2. The lowest BCUT2D eigenvalue weighted by Crippen LogP contribution is -2.76. The minimum atomic E-state index is -3.82. The lowest BCUT2D eigenvalue weighted by atomic mass is 9.30. The zero-order chi connectivity index (χ0) is 26.1. The summed E-state index contributed by atoms with van der Waals surface area (Å²) in [4.78, 5) is 4.19. The Hall–Kier alpha value is -3.19. The maximum atomic E-state index is 16.2. The second-order valence-electron chi connectivity index (χ2n) is 10.5. The third-order valence-electron chi connectivity index (χ3n) is 7.92. The van der Waals surface area contributed by atoms with Crippen LogP contribution in [0, 0.1) is 17.0 Å². The number of alkyl halides is 3. The van der Waals surface area contributed by atoms with Crippen LogP contribution < -0.4 is 4.74 Å². The van der Waals surface area contributed by atoms with E-state index in [0.29, 0.717) is 6.07 Å². The highest BCUT2D eigenvalue weighted by atomic mass is 19.3. The first-order valence-corrected chi connectivity index (χ1v) is 11.6. The summed E-state index contributed by atoms with van der Waals surface area (Å²) in [5, 5.41) is 21.8. The Labute approximate surface area is 207 Å². The van der Waals surface area contributed by atoms with Crippen LogP contribution in [0.15, 0.2) is 42.9 Å². The molecule has 2 aromatic heterocycles. The summed E-state index contributed by atoms with van der Waals surface area (Å²) in [7, 11) is 0. The topological polar surface area (TPSA) is 95.2 Å². The van der Waals surface area contributed by atoms with Crippen LogP contribution in [0.2, 0.25) is 0 Å². The van der Waals surface area contributed by atoms with Gasteiger partial charge in [-0.1, -0.05) is 6.07 Å². The van der Waals surface area contributed by atoms with E-state index in [4.69, 9.17) is 9.47 Å². The highest BCUT2D eigenvalue weighted by molar-refractivity contribution is 5.42. The van der Waals surface area contributed by atoms with Gasteiger partial charge in [-0.2, -0.15) is 0 Å². The fraction of sp³-hybridized carbons (Fsp3) is 0.500. The molecule has 13 heteroatoms. The van der Waals surface area contributed by atoms with Crippen molar-refractivity contribution in [1.82, 2.24) is 25.2 Å². The molecule has 7 rings (SSSR count). The molecule has 1 aromatic carbocycles. The Bertz CT molecular complexity index is 1300. The predicted octanol–water partition coefficient (Wildman–Crippen LogP) is 3.11. The smallest absolute Gasteiger partial charge is 0.287 e. The van der Waals surface area contributed by atoms with Gasteiger partial charge >= 0.3 is 0 Å². The second kappa shape index (κ2) is 7.90. The van der Waals surface area contributed by atoms with Gasteiger partial charge in [0.15, 0.2) is 11.3 Å². The van der Waals surface area contributed by atoms with Gasteiger partial charge < -0.3 is 14.6 Å². The van der Waals surface area contributed by atoms with Crippen LogP contribution >= 0.6 is 0 Å². The van der Waals surface area contributed by atoms with Crippen LogP contribution in [0.1, 0.15) is 30.4 Å². The average molecular weight is 523 g/mol. The van der Waals surface area contributed by atoms with E-state index in [1.807, 2.05) is 0 Å². The molecule has 196 valence electrons. The normalized spacial score (nSPS) is 27.4. The third-order valence-corrected chi connectivity index (χ3v) is 7.92. The van der Waals surface area contributed by atoms with Gasteiger partial charge in [-0.3, -0.25) is 0 Å². The number of ether oxygens (including phenoxy) is 2. The van der Waals surface area contributed by atoms with Gasteiger partial charge in [-0.25, -0.2) is 31.6 Å². The van der Waals surface area contributed by atoms with Gasteiger partial charge in [0.05, 0.1) is 19.8 Å². The summed E-state index contributed by atoms with van der Waals surface area (Å²) in [6, 6.07) is 5.37. The van der Waals surface area contributed by atoms with Crippen LogP contribution in [0.5, 0.6) is 5.88 Å². The van der Waals surface area contributed by atoms with E-state index in [9.17, 15) is 18.3 Å². The van der Waals surface area contributed by atoms with E-state index in [1.165, 1.54) is 6.20 Å². The lowest BCUT2D eigenvalue weighted by molar-refractivity contribution is -0.347. The van der Waals surface area contributed by atoms with Gasteiger partial charge in [-0.05, 0) is 52.8 Å². The molecule has 4 aliphatic rings. The zero-order valence-corrected chi connectivity index (χ0v) is 19.4. The number of halogens is 5. The maximum absolute atomic E-state index is 16.2. The number of aromatic nitrogens is 5. The number of hydrogen-bond acceptors (Lipinski definition) is 7. The number of aliphatic hydroxyl groups is 1. The fourth-order valence-corrected chi connectivity index (χ4v) is 5.92. The maximum Gasteiger partial charge on any atom is 0.287 e. The third kappa shape index (κ3) is 3.54. The molecule has 0 unspecified atom stereocenters. The number of tetrazole rings is 1. The highest BCUT2D eigenvalue weighted by Gasteiger charge is 2.82. The van der Waals surface area contributed by atoms with E-state index in [0.717, 1.165) is 28.7 Å². The van der Waals surface area contributed by atoms with Crippen molar-refractivity contribution in [2.75, 3.05) is 19.8 Å². The standard InChI is InChI=1S/C24H22F5N5O3/c25-16-2-3-17(18(26)5-16)23(35,10-34-14-31-32-33-34)24(28,29)21-7-20(8-21,9-21)15-1-4-19(30-6-15)37-13-22(27)11-36-12-22/h1-6,14,35H,7-13H2/t20?,21?,23-/m1/s1. The van der Waals surface area contributed by atoms with Crippen LogP contribution in [0.25, 0.3) is 0 Å². The molecule has 3 heterocycles. The summed E-state index contributed by atoms with van der Waals surface area (Å²) >= 11 is 0. The molecule has 0 amide bonds. The molecule has 8 nitrogen and oxygen atoms in total. The monoisotopic (exact) mass is 523 g/mol. The Morgan fingerprint density at radius 2 is 1.86 bits per heavy atom. The largest absolute Gasteiger partial charge is 0.474 e. The Morgan fingerprint density at radius 1 is 1.11 bits per heavy atom. The summed E-state index contributed by atoms with van der Waals surface area (Å²) in [6.45, 7) is -1.10. The molecule has 0 radical (unpaired) electrons. The van der Waals surface area contributed by atoms with E-state index < -0.39 is 51.8 Å². The number of nitrogens with zero attached hydrogens (tertiary/aromatic N) is 5. The van der Waals surface area contributed by atoms with E-state index >= 15 is 8.78 Å². The van der Waals surface area contributed by atoms with Crippen LogP contribution in [0.4, 0.5) is 22.0 Å². The van der Waals surface area contributed by atoms with Crippen molar-refractivity contribution < 1.29 is 36.5 Å². The average Bonchev–Trinajstić information content (AvgIpc) is 3.28. The zero-order valence-electron chi connectivity index (χ0n) is 19.4. The highest BCUT2D eigenvalue weighted by Crippen LogP contribution is 2.80. The molecule has 1 aliphatic heterocycles. The van der Waals surface area contributed by atoms with E-state index in [2.05, 4.69) is 20.5 Å². The molecule has 1 N–H and O–H groups in total. The molecular formula is C24H22F5N5O3. The second-order valence-corrected chi connectivity index (χ2v) is 10.5. The number of pyridine rings is 1. The van der Waals surface area contributed by atoms with Gasteiger partial charge in [0.25, 0.3) is 5.92 Å². The lowest BCUT2D eigenvalue weighted by Gasteiger charge is -2.74. The predicted molar refractivity (Wildman–Crippen MR) is 115 cm³/mol. The number of hydrogen-bond donors (Lipinski definition) is 1. The quantitative estimate of drug-likeness (QED) is 0.431. The summed E-state index contributed by atoms with van der Waals surface area (Å²) in [5.74, 6) is -5.86. The van der Waals surface area contributed by atoms with Gasteiger partial charge in [0, 0.05) is 29.3 Å². The van der Waals surface area contributed by atoms with Crippen molar-refractivity contribution in [2.24, 2.45) is 5.41 Å². The van der Waals surface area contributed by atoms with Crippen LogP contribution in [-0.4, -0.2) is 61.7 Å². The molecule has 3 saturated carbocycles. The van der Waals surface area contributed by atoms with Gasteiger partial charge in [0.1, 0.15) is 24.6 Å². The van der Waals surface area contributed by atoms with Gasteiger partial charge in [-0.15, -0.1) is 5.10 Å². The summed E-state index contributed by atoms with van der Waals surface area (Å²) < 4.78 is 85.9. The Morgan fingerprint density at radius 3 is 2.43 bits per heavy atom. The molecule has 37 heavy (non-hydrogen) atoms. The van der Waals surface area contributed by atoms with Crippen molar-refractivity contribution in [3.05, 3.63) is 65.6 Å². The van der Waals surface area contributed by atoms with Crippen molar-refractivity contribution in [1.29, 1.82) is 0 Å². The minimum Gasteiger partial charge on any atom is -0.474 e. The van der Waals surface area contributed by atoms with Crippen LogP contribution in [0.3, 0.4) is 0 Å².